The van der Waals surface area contributed by atoms with Crippen molar-refractivity contribution in [2.24, 2.45) is 0 Å². The molecular formula is C8H4BrClN2O2S. The van der Waals surface area contributed by atoms with Crippen molar-refractivity contribution in [2.45, 2.75) is 0 Å². The summed E-state index contributed by atoms with van der Waals surface area (Å²) in [4.78, 5) is 15.5. The monoisotopic (exact) mass is 306 g/mol. The van der Waals surface area contributed by atoms with Crippen molar-refractivity contribution in [2.75, 3.05) is 5.32 Å². The van der Waals surface area contributed by atoms with Gasteiger partial charge in [0.15, 0.2) is 16.1 Å². The van der Waals surface area contributed by atoms with E-state index in [0.717, 1.165) is 3.79 Å². The van der Waals surface area contributed by atoms with Crippen LogP contribution < -0.4 is 5.32 Å². The molecule has 78 valence electrons. The molecule has 0 fully saturated rings. The Hall–Kier alpha value is -0.850. The molecule has 0 aliphatic rings. The molecule has 0 aliphatic carbocycles. The Morgan fingerprint density at radius 2 is 2.40 bits per heavy atom. The molecule has 2 rings (SSSR count). The number of nitrogens with one attached hydrogen (secondary N) is 1. The molecule has 7 heteroatoms. The van der Waals surface area contributed by atoms with E-state index in [-0.39, 0.29) is 16.9 Å². The van der Waals surface area contributed by atoms with Gasteiger partial charge in [-0.15, -0.1) is 0 Å². The highest BCUT2D eigenvalue weighted by Crippen LogP contribution is 2.24. The molecule has 0 spiro atoms. The fourth-order valence-electron chi connectivity index (χ4n) is 0.907. The molecule has 15 heavy (non-hydrogen) atoms. The molecule has 4 nitrogen and oxygen atoms in total. The summed E-state index contributed by atoms with van der Waals surface area (Å²) in [5.41, 5.74) is 0. The number of thiazole rings is 1. The van der Waals surface area contributed by atoms with E-state index in [1.807, 2.05) is 0 Å². The third-order valence-corrected chi connectivity index (χ3v) is 3.09. The molecule has 0 saturated carbocycles. The van der Waals surface area contributed by atoms with Crippen LogP contribution in [-0.2, 0) is 0 Å². The fraction of sp³-hybridized carbons (Fsp3) is 0. The van der Waals surface area contributed by atoms with Gasteiger partial charge in [-0.3, -0.25) is 10.1 Å². The minimum atomic E-state index is -0.372. The number of nitrogens with zero attached hydrogens (tertiary/aromatic N) is 1. The van der Waals surface area contributed by atoms with Gasteiger partial charge in [-0.2, -0.15) is 0 Å². The fourth-order valence-corrected chi connectivity index (χ4v) is 2.15. The quantitative estimate of drug-likeness (QED) is 0.925. The normalized spacial score (nSPS) is 10.3. The van der Waals surface area contributed by atoms with E-state index in [9.17, 15) is 4.79 Å². The van der Waals surface area contributed by atoms with Crippen LogP contribution in [0.1, 0.15) is 10.6 Å². The molecule has 0 unspecified atom stereocenters. The van der Waals surface area contributed by atoms with Crippen LogP contribution in [0.3, 0.4) is 0 Å². The third kappa shape index (κ3) is 2.58. The molecule has 0 aromatic carbocycles. The van der Waals surface area contributed by atoms with Crippen molar-refractivity contribution in [3.05, 3.63) is 33.1 Å². The topological polar surface area (TPSA) is 55.1 Å². The van der Waals surface area contributed by atoms with E-state index in [4.69, 9.17) is 16.0 Å². The minimum absolute atomic E-state index is 0.159. The van der Waals surface area contributed by atoms with Gasteiger partial charge in [-0.25, -0.2) is 4.98 Å². The van der Waals surface area contributed by atoms with Gasteiger partial charge in [0.1, 0.15) is 0 Å². The summed E-state index contributed by atoms with van der Waals surface area (Å²) >= 11 is 10.1. The smallest absolute Gasteiger partial charge is 0.293 e. The zero-order valence-corrected chi connectivity index (χ0v) is 10.3. The summed E-state index contributed by atoms with van der Waals surface area (Å²) in [6.07, 6.45) is 1.61. The number of amides is 1. The summed E-state index contributed by atoms with van der Waals surface area (Å²) < 4.78 is 5.79. The molecule has 2 heterocycles. The first-order valence-electron chi connectivity index (χ1n) is 3.83. The van der Waals surface area contributed by atoms with E-state index in [2.05, 4.69) is 26.2 Å². The van der Waals surface area contributed by atoms with Crippen LogP contribution in [-0.4, -0.2) is 10.9 Å². The number of halogens is 2. The Morgan fingerprint density at radius 3 is 2.93 bits per heavy atom. The van der Waals surface area contributed by atoms with Crippen LogP contribution in [0.4, 0.5) is 5.13 Å². The maximum Gasteiger partial charge on any atom is 0.293 e. The average Bonchev–Trinajstić information content (AvgIpc) is 2.75. The summed E-state index contributed by atoms with van der Waals surface area (Å²) in [6.45, 7) is 0. The Bertz CT molecular complexity index is 496. The SMILES string of the molecule is O=C(Nc1ncc(Br)s1)c1ccc(Cl)o1. The van der Waals surface area contributed by atoms with Gasteiger partial charge in [0.2, 0.25) is 0 Å². The van der Waals surface area contributed by atoms with Crippen molar-refractivity contribution in [3.63, 3.8) is 0 Å². The highest BCUT2D eigenvalue weighted by molar-refractivity contribution is 9.11. The number of carbonyl (C=O) groups excluding carboxylic acids is 1. The van der Waals surface area contributed by atoms with Crippen molar-refractivity contribution in [1.82, 2.24) is 4.98 Å². The van der Waals surface area contributed by atoms with Gasteiger partial charge in [-0.1, -0.05) is 11.3 Å². The van der Waals surface area contributed by atoms with Crippen molar-refractivity contribution < 1.29 is 9.21 Å². The molecular weight excluding hydrogens is 304 g/mol. The number of rotatable bonds is 2. The second-order valence-corrected chi connectivity index (χ2v) is 5.31. The lowest BCUT2D eigenvalue weighted by atomic mass is 10.4. The predicted octanol–water partition coefficient (Wildman–Crippen LogP) is 3.40. The number of aromatic nitrogens is 1. The molecule has 0 aliphatic heterocycles. The molecule has 1 amide bonds. The van der Waals surface area contributed by atoms with E-state index < -0.39 is 0 Å². The first-order valence-corrected chi connectivity index (χ1v) is 5.82. The van der Waals surface area contributed by atoms with Gasteiger partial charge in [-0.05, 0) is 39.7 Å². The average molecular weight is 308 g/mol. The summed E-state index contributed by atoms with van der Waals surface area (Å²) in [7, 11) is 0. The molecule has 0 saturated heterocycles. The van der Waals surface area contributed by atoms with Crippen LogP contribution in [0.5, 0.6) is 0 Å². The van der Waals surface area contributed by atoms with Crippen molar-refractivity contribution in [1.29, 1.82) is 0 Å². The Morgan fingerprint density at radius 1 is 1.60 bits per heavy atom. The Kier molecular flexibility index (Phi) is 3.08. The van der Waals surface area contributed by atoms with E-state index in [1.54, 1.807) is 6.20 Å². The minimum Gasteiger partial charge on any atom is -0.440 e. The van der Waals surface area contributed by atoms with E-state index in [0.29, 0.717) is 5.13 Å². The second-order valence-electron chi connectivity index (χ2n) is 2.53. The molecule has 2 aromatic heterocycles. The maximum atomic E-state index is 11.5. The van der Waals surface area contributed by atoms with Gasteiger partial charge < -0.3 is 4.42 Å². The largest absolute Gasteiger partial charge is 0.440 e. The van der Waals surface area contributed by atoms with Crippen LogP contribution in [0, 0.1) is 0 Å². The second kappa shape index (κ2) is 4.34. The number of furan rings is 1. The lowest BCUT2D eigenvalue weighted by Gasteiger charge is -1.96. The lowest BCUT2D eigenvalue weighted by Crippen LogP contribution is -2.10. The highest BCUT2D eigenvalue weighted by Gasteiger charge is 2.12. The number of anilines is 1. The van der Waals surface area contributed by atoms with Crippen LogP contribution in [0.25, 0.3) is 0 Å². The van der Waals surface area contributed by atoms with Crippen molar-refractivity contribution >= 4 is 49.9 Å². The van der Waals surface area contributed by atoms with Gasteiger partial charge in [0, 0.05) is 0 Å². The summed E-state index contributed by atoms with van der Waals surface area (Å²) in [5, 5.41) is 3.26. The van der Waals surface area contributed by atoms with Crippen molar-refractivity contribution in [3.8, 4) is 0 Å². The molecule has 0 bridgehead atoms. The highest BCUT2D eigenvalue weighted by atomic mass is 79.9. The van der Waals surface area contributed by atoms with Crippen LogP contribution >= 0.6 is 38.9 Å². The van der Waals surface area contributed by atoms with E-state index in [1.165, 1.54) is 23.5 Å². The molecule has 2 aromatic rings. The van der Waals surface area contributed by atoms with Crippen LogP contribution in [0.15, 0.2) is 26.5 Å². The summed E-state index contributed by atoms with van der Waals surface area (Å²) in [6, 6.07) is 3.01. The maximum absolute atomic E-state index is 11.5. The molecule has 0 radical (unpaired) electrons. The van der Waals surface area contributed by atoms with Gasteiger partial charge >= 0.3 is 0 Å². The first kappa shape index (κ1) is 10.7. The van der Waals surface area contributed by atoms with E-state index >= 15 is 0 Å². The number of hydrogen-bond acceptors (Lipinski definition) is 4. The Labute approximate surface area is 102 Å². The first-order chi connectivity index (χ1) is 7.15. The third-order valence-electron chi connectivity index (χ3n) is 1.49. The van der Waals surface area contributed by atoms with Crippen LogP contribution in [0.2, 0.25) is 5.22 Å². The number of carbonyl (C=O) groups is 1. The number of hydrogen-bond donors (Lipinski definition) is 1. The molecule has 0 atom stereocenters. The zero-order valence-electron chi connectivity index (χ0n) is 7.16. The summed E-state index contributed by atoms with van der Waals surface area (Å²) in [5.74, 6) is -0.213. The Balaban J connectivity index is 2.10. The lowest BCUT2D eigenvalue weighted by molar-refractivity contribution is 0.0997. The predicted molar refractivity (Wildman–Crippen MR) is 61.5 cm³/mol. The zero-order chi connectivity index (χ0) is 10.8. The molecule has 1 N–H and O–H groups in total. The standard InChI is InChI=1S/C8H4BrClN2O2S/c9-5-3-11-8(15-5)12-7(13)4-1-2-6(10)14-4/h1-3H,(H,11,12,13). The van der Waals surface area contributed by atoms with Gasteiger partial charge in [0.05, 0.1) is 9.98 Å². The van der Waals surface area contributed by atoms with Gasteiger partial charge in [0.25, 0.3) is 5.91 Å².